The third kappa shape index (κ3) is 4.53. The highest BCUT2D eigenvalue weighted by molar-refractivity contribution is 8.26. The first-order chi connectivity index (χ1) is 12.5. The van der Waals surface area contributed by atoms with E-state index in [9.17, 15) is 14.7 Å². The van der Waals surface area contributed by atoms with Crippen LogP contribution >= 0.6 is 24.0 Å². The van der Waals surface area contributed by atoms with E-state index in [0.29, 0.717) is 33.6 Å². The summed E-state index contributed by atoms with van der Waals surface area (Å²) in [6.07, 6.45) is 3.92. The maximum absolute atomic E-state index is 12.4. The molecule has 6 nitrogen and oxygen atoms in total. The number of nitrogens with one attached hydrogen (secondary N) is 1. The Balaban J connectivity index is 1.51. The van der Waals surface area contributed by atoms with Gasteiger partial charge in [0.15, 0.2) is 0 Å². The molecule has 1 aliphatic heterocycles. The van der Waals surface area contributed by atoms with Gasteiger partial charge in [-0.15, -0.1) is 0 Å². The first kappa shape index (κ1) is 18.2. The van der Waals surface area contributed by atoms with E-state index in [1.54, 1.807) is 30.3 Å². The zero-order valence-corrected chi connectivity index (χ0v) is 15.3. The quantitative estimate of drug-likeness (QED) is 0.581. The second-order valence-corrected chi connectivity index (χ2v) is 7.23. The van der Waals surface area contributed by atoms with Crippen molar-refractivity contribution in [2.24, 2.45) is 0 Å². The van der Waals surface area contributed by atoms with Gasteiger partial charge in [0.2, 0.25) is 5.91 Å². The number of carbonyl (C=O) groups excluding carboxylic acids is 2. The Morgan fingerprint density at radius 1 is 1.35 bits per heavy atom. The molecule has 0 unspecified atom stereocenters. The van der Waals surface area contributed by atoms with Gasteiger partial charge in [0.25, 0.3) is 5.91 Å². The fraction of sp³-hybridized carbons (Fsp3) is 0.167. The fourth-order valence-electron chi connectivity index (χ4n) is 2.40. The summed E-state index contributed by atoms with van der Waals surface area (Å²) in [6, 6.07) is 9.85. The van der Waals surface area contributed by atoms with Crippen LogP contribution in [0.2, 0.25) is 0 Å². The molecule has 0 saturated carbocycles. The van der Waals surface area contributed by atoms with Crippen LogP contribution in [-0.2, 0) is 9.59 Å². The van der Waals surface area contributed by atoms with Gasteiger partial charge in [0, 0.05) is 30.8 Å². The zero-order chi connectivity index (χ0) is 18.5. The lowest BCUT2D eigenvalue weighted by Gasteiger charge is -2.14. The molecule has 0 bridgehead atoms. The predicted octanol–water partition coefficient (Wildman–Crippen LogP) is 3.61. The number of phenols is 1. The standard InChI is InChI=1S/C18H16N2O4S2/c21-13-5-1-4-12(10-13)19-16(22)7-2-8-20-17(23)15(26-18(20)25)11-14-6-3-9-24-14/h1,3-6,9-11,21H,2,7-8H2,(H,19,22)/b15-11-. The van der Waals surface area contributed by atoms with Crippen molar-refractivity contribution in [2.75, 3.05) is 11.9 Å². The van der Waals surface area contributed by atoms with Gasteiger partial charge in [-0.1, -0.05) is 30.0 Å². The molecular formula is C18H16N2O4S2. The summed E-state index contributed by atoms with van der Waals surface area (Å²) >= 11 is 6.48. The van der Waals surface area contributed by atoms with Gasteiger partial charge >= 0.3 is 0 Å². The van der Waals surface area contributed by atoms with Crippen molar-refractivity contribution in [1.82, 2.24) is 4.90 Å². The van der Waals surface area contributed by atoms with Gasteiger partial charge in [0.05, 0.1) is 11.2 Å². The molecule has 1 aliphatic rings. The Kier molecular flexibility index (Phi) is 5.75. The highest BCUT2D eigenvalue weighted by Gasteiger charge is 2.31. The number of carbonyl (C=O) groups is 2. The second-order valence-electron chi connectivity index (χ2n) is 5.55. The minimum atomic E-state index is -0.188. The Labute approximate surface area is 159 Å². The normalized spacial score (nSPS) is 15.7. The van der Waals surface area contributed by atoms with Crippen LogP contribution in [0.25, 0.3) is 6.08 Å². The van der Waals surface area contributed by atoms with Crippen molar-refractivity contribution in [3.8, 4) is 5.75 Å². The van der Waals surface area contributed by atoms with Crippen LogP contribution in [0.4, 0.5) is 5.69 Å². The summed E-state index contributed by atoms with van der Waals surface area (Å²) in [5.74, 6) is 0.316. The molecule has 8 heteroatoms. The number of hydrogen-bond acceptors (Lipinski definition) is 6. The molecule has 2 N–H and O–H groups in total. The van der Waals surface area contributed by atoms with E-state index in [2.05, 4.69) is 5.32 Å². The van der Waals surface area contributed by atoms with Gasteiger partial charge in [-0.3, -0.25) is 14.5 Å². The topological polar surface area (TPSA) is 82.8 Å². The number of phenolic OH excluding ortho intramolecular Hbond substituents is 1. The highest BCUT2D eigenvalue weighted by Crippen LogP contribution is 2.32. The Morgan fingerprint density at radius 3 is 2.92 bits per heavy atom. The molecule has 1 aromatic heterocycles. The smallest absolute Gasteiger partial charge is 0.266 e. The summed E-state index contributed by atoms with van der Waals surface area (Å²) in [5.41, 5.74) is 0.530. The lowest BCUT2D eigenvalue weighted by Crippen LogP contribution is -2.29. The number of benzene rings is 1. The van der Waals surface area contributed by atoms with Gasteiger partial charge in [-0.2, -0.15) is 0 Å². The molecule has 3 rings (SSSR count). The van der Waals surface area contributed by atoms with Crippen molar-refractivity contribution in [3.05, 3.63) is 53.3 Å². The van der Waals surface area contributed by atoms with E-state index in [1.165, 1.54) is 35.1 Å². The number of hydrogen-bond donors (Lipinski definition) is 2. The average Bonchev–Trinajstić information content (AvgIpc) is 3.19. The molecule has 0 atom stereocenters. The number of anilines is 1. The summed E-state index contributed by atoms with van der Waals surface area (Å²) in [7, 11) is 0. The van der Waals surface area contributed by atoms with Crippen LogP contribution in [0, 0.1) is 0 Å². The monoisotopic (exact) mass is 388 g/mol. The zero-order valence-electron chi connectivity index (χ0n) is 13.7. The Morgan fingerprint density at radius 2 is 2.19 bits per heavy atom. The van der Waals surface area contributed by atoms with Crippen LogP contribution in [0.1, 0.15) is 18.6 Å². The molecule has 134 valence electrons. The maximum Gasteiger partial charge on any atom is 0.266 e. The molecule has 1 saturated heterocycles. The number of amides is 2. The van der Waals surface area contributed by atoms with Crippen LogP contribution < -0.4 is 5.32 Å². The van der Waals surface area contributed by atoms with Crippen molar-refractivity contribution in [3.63, 3.8) is 0 Å². The van der Waals surface area contributed by atoms with Gasteiger partial charge in [-0.25, -0.2) is 0 Å². The van der Waals surface area contributed by atoms with E-state index in [1.807, 2.05) is 0 Å². The fourth-order valence-corrected chi connectivity index (χ4v) is 3.69. The maximum atomic E-state index is 12.4. The predicted molar refractivity (Wildman–Crippen MR) is 105 cm³/mol. The number of nitrogens with zero attached hydrogens (tertiary/aromatic N) is 1. The first-order valence-electron chi connectivity index (χ1n) is 7.91. The van der Waals surface area contributed by atoms with Crippen LogP contribution in [-0.4, -0.2) is 32.7 Å². The number of rotatable bonds is 6. The molecule has 26 heavy (non-hydrogen) atoms. The minimum absolute atomic E-state index is 0.0868. The molecular weight excluding hydrogens is 372 g/mol. The van der Waals surface area contributed by atoms with E-state index in [0.717, 1.165) is 0 Å². The van der Waals surface area contributed by atoms with Crippen molar-refractivity contribution < 1.29 is 19.1 Å². The SMILES string of the molecule is O=C(CCCN1C(=O)/C(=C/c2ccco2)SC1=S)Nc1cccc(O)c1. The van der Waals surface area contributed by atoms with E-state index in [-0.39, 0.29) is 24.0 Å². The third-order valence-corrected chi connectivity index (χ3v) is 4.98. The summed E-state index contributed by atoms with van der Waals surface area (Å²) in [4.78, 5) is 26.4. The van der Waals surface area contributed by atoms with Crippen LogP contribution in [0.15, 0.2) is 52.0 Å². The number of thiocarbonyl (C=S) groups is 1. The highest BCUT2D eigenvalue weighted by atomic mass is 32.2. The first-order valence-corrected chi connectivity index (χ1v) is 9.13. The molecule has 1 aromatic carbocycles. The lowest BCUT2D eigenvalue weighted by atomic mass is 10.2. The number of thioether (sulfide) groups is 1. The molecule has 0 aliphatic carbocycles. The van der Waals surface area contributed by atoms with Crippen molar-refractivity contribution in [1.29, 1.82) is 0 Å². The summed E-state index contributed by atoms with van der Waals surface area (Å²) in [6.45, 7) is 0.369. The van der Waals surface area contributed by atoms with E-state index < -0.39 is 0 Å². The summed E-state index contributed by atoms with van der Waals surface area (Å²) in [5, 5.41) is 12.1. The van der Waals surface area contributed by atoms with Crippen LogP contribution in [0.5, 0.6) is 5.75 Å². The molecule has 0 radical (unpaired) electrons. The Bertz CT molecular complexity index is 862. The van der Waals surface area contributed by atoms with Crippen molar-refractivity contribution in [2.45, 2.75) is 12.8 Å². The molecule has 2 aromatic rings. The van der Waals surface area contributed by atoms with Gasteiger partial charge in [0.1, 0.15) is 15.8 Å². The average molecular weight is 388 g/mol. The largest absolute Gasteiger partial charge is 0.508 e. The molecule has 1 fully saturated rings. The minimum Gasteiger partial charge on any atom is -0.508 e. The second kappa shape index (κ2) is 8.20. The van der Waals surface area contributed by atoms with Crippen molar-refractivity contribution >= 4 is 51.9 Å². The lowest BCUT2D eigenvalue weighted by molar-refractivity contribution is -0.122. The van der Waals surface area contributed by atoms with Crippen LogP contribution in [0.3, 0.4) is 0 Å². The van der Waals surface area contributed by atoms with Gasteiger partial charge in [-0.05, 0) is 30.7 Å². The van der Waals surface area contributed by atoms with E-state index in [4.69, 9.17) is 16.6 Å². The number of aromatic hydroxyl groups is 1. The molecule has 0 spiro atoms. The summed E-state index contributed by atoms with van der Waals surface area (Å²) < 4.78 is 5.69. The third-order valence-electron chi connectivity index (χ3n) is 3.61. The van der Waals surface area contributed by atoms with Gasteiger partial charge < -0.3 is 14.8 Å². The van der Waals surface area contributed by atoms with E-state index >= 15 is 0 Å². The Hall–Kier alpha value is -2.58. The molecule has 2 heterocycles. The number of furan rings is 1. The molecule has 2 amide bonds.